The highest BCUT2D eigenvalue weighted by Crippen LogP contribution is 2.25. The molecule has 1 amide bonds. The lowest BCUT2D eigenvalue weighted by atomic mass is 10.2. The zero-order valence-electron chi connectivity index (χ0n) is 6.78. The third-order valence-electron chi connectivity index (χ3n) is 1.78. The van der Waals surface area contributed by atoms with E-state index in [2.05, 4.69) is 10.6 Å². The number of carbonyl (C=O) groups excluding carboxylic acids is 1. The minimum absolute atomic E-state index is 0.371. The minimum Gasteiger partial charge on any atom is -0.368 e. The Labute approximate surface area is 79.9 Å². The summed E-state index contributed by atoms with van der Waals surface area (Å²) >= 11 is 1.60. The average Bonchev–Trinajstić information content (AvgIpc) is 2.17. The molecule has 4 nitrogen and oxygen atoms in total. The van der Waals surface area contributed by atoms with Crippen molar-refractivity contribution >= 4 is 17.7 Å². The molecule has 2 rings (SSSR count). The van der Waals surface area contributed by atoms with Crippen LogP contribution < -0.4 is 16.4 Å². The van der Waals surface area contributed by atoms with Crippen molar-refractivity contribution in [1.82, 2.24) is 10.6 Å². The number of amides is 1. The Morgan fingerprint density at radius 3 is 3.23 bits per heavy atom. The normalized spacial score (nSPS) is 24.8. The van der Waals surface area contributed by atoms with Gasteiger partial charge in [0.05, 0.1) is 4.91 Å². The minimum atomic E-state index is -0.404. The second kappa shape index (κ2) is 3.18. The highest BCUT2D eigenvalue weighted by molar-refractivity contribution is 8.06. The van der Waals surface area contributed by atoms with Crippen LogP contribution in [0, 0.1) is 0 Å². The third-order valence-corrected chi connectivity index (χ3v) is 2.65. The second-order valence-electron chi connectivity index (χ2n) is 2.69. The zero-order chi connectivity index (χ0) is 9.26. The predicted molar refractivity (Wildman–Crippen MR) is 52.2 cm³/mol. The van der Waals surface area contributed by atoms with E-state index in [4.69, 9.17) is 5.73 Å². The van der Waals surface area contributed by atoms with E-state index in [1.807, 2.05) is 17.7 Å². The Morgan fingerprint density at radius 2 is 2.46 bits per heavy atom. The van der Waals surface area contributed by atoms with Gasteiger partial charge < -0.3 is 16.4 Å². The first-order chi connectivity index (χ1) is 6.27. The molecule has 2 aliphatic rings. The fourth-order valence-corrected chi connectivity index (χ4v) is 1.82. The molecule has 2 heterocycles. The SMILES string of the molecule is NC(=O)C1C=CC2=C(NC=CS2)N1. The van der Waals surface area contributed by atoms with Gasteiger partial charge in [-0.1, -0.05) is 17.8 Å². The van der Waals surface area contributed by atoms with Gasteiger partial charge in [0.1, 0.15) is 11.9 Å². The molecule has 68 valence electrons. The van der Waals surface area contributed by atoms with Gasteiger partial charge in [0.2, 0.25) is 5.91 Å². The fraction of sp³-hybridized carbons (Fsp3) is 0.125. The maximum Gasteiger partial charge on any atom is 0.244 e. The summed E-state index contributed by atoms with van der Waals surface area (Å²) in [6.45, 7) is 0. The van der Waals surface area contributed by atoms with Crippen LogP contribution in [0.1, 0.15) is 0 Å². The number of hydrogen-bond acceptors (Lipinski definition) is 4. The van der Waals surface area contributed by atoms with Crippen LogP contribution in [0.3, 0.4) is 0 Å². The summed E-state index contributed by atoms with van der Waals surface area (Å²) in [5.74, 6) is 0.475. The maximum absolute atomic E-state index is 10.9. The number of primary amides is 1. The highest BCUT2D eigenvalue weighted by atomic mass is 32.2. The molecular weight excluding hydrogens is 186 g/mol. The Morgan fingerprint density at radius 1 is 1.62 bits per heavy atom. The van der Waals surface area contributed by atoms with Crippen LogP contribution in [0.15, 0.2) is 34.5 Å². The molecule has 0 spiro atoms. The lowest BCUT2D eigenvalue weighted by Gasteiger charge is -2.24. The summed E-state index contributed by atoms with van der Waals surface area (Å²) in [5, 5.41) is 7.94. The van der Waals surface area contributed by atoms with E-state index in [0.29, 0.717) is 0 Å². The van der Waals surface area contributed by atoms with Gasteiger partial charge in [0.25, 0.3) is 0 Å². The van der Waals surface area contributed by atoms with E-state index in [0.717, 1.165) is 10.7 Å². The Hall–Kier alpha value is -1.36. The van der Waals surface area contributed by atoms with Crippen molar-refractivity contribution in [3.8, 4) is 0 Å². The lowest BCUT2D eigenvalue weighted by Crippen LogP contribution is -2.43. The van der Waals surface area contributed by atoms with Crippen molar-refractivity contribution in [1.29, 1.82) is 0 Å². The van der Waals surface area contributed by atoms with Gasteiger partial charge in [-0.25, -0.2) is 0 Å². The fourth-order valence-electron chi connectivity index (χ4n) is 1.14. The summed E-state index contributed by atoms with van der Waals surface area (Å²) in [6.07, 6.45) is 5.46. The van der Waals surface area contributed by atoms with Gasteiger partial charge >= 0.3 is 0 Å². The van der Waals surface area contributed by atoms with Crippen molar-refractivity contribution in [2.75, 3.05) is 0 Å². The second-order valence-corrected chi connectivity index (χ2v) is 3.64. The van der Waals surface area contributed by atoms with E-state index in [9.17, 15) is 4.79 Å². The van der Waals surface area contributed by atoms with Crippen molar-refractivity contribution < 1.29 is 4.79 Å². The number of allylic oxidation sites excluding steroid dienone is 1. The lowest BCUT2D eigenvalue weighted by molar-refractivity contribution is -0.118. The first-order valence-corrected chi connectivity index (χ1v) is 4.72. The maximum atomic E-state index is 10.9. The van der Waals surface area contributed by atoms with Crippen molar-refractivity contribution in [3.05, 3.63) is 34.5 Å². The Bertz CT molecular complexity index is 332. The molecule has 0 saturated carbocycles. The average molecular weight is 195 g/mol. The van der Waals surface area contributed by atoms with E-state index in [1.54, 1.807) is 17.8 Å². The first-order valence-electron chi connectivity index (χ1n) is 3.84. The number of nitrogens with one attached hydrogen (secondary N) is 2. The van der Waals surface area contributed by atoms with Crippen LogP contribution >= 0.6 is 11.8 Å². The summed E-state index contributed by atoms with van der Waals surface area (Å²) < 4.78 is 0. The number of hydrogen-bond donors (Lipinski definition) is 3. The first kappa shape index (κ1) is 8.25. The van der Waals surface area contributed by atoms with E-state index >= 15 is 0 Å². The number of rotatable bonds is 1. The van der Waals surface area contributed by atoms with Crippen LogP contribution in [0.25, 0.3) is 0 Å². The molecule has 0 saturated heterocycles. The van der Waals surface area contributed by atoms with Gasteiger partial charge in [-0.15, -0.1) is 0 Å². The van der Waals surface area contributed by atoms with Gasteiger partial charge in [0, 0.05) is 6.20 Å². The standard InChI is InChI=1S/C8H9N3OS/c9-7(12)5-1-2-6-8(11-5)10-3-4-13-6/h1-5,10-11H,(H2,9,12). The molecule has 0 aromatic heterocycles. The molecule has 5 heteroatoms. The number of dihydropyridines is 1. The molecule has 0 aromatic rings. The van der Waals surface area contributed by atoms with Crippen molar-refractivity contribution in [3.63, 3.8) is 0 Å². The van der Waals surface area contributed by atoms with Crippen LogP contribution in [0.5, 0.6) is 0 Å². The van der Waals surface area contributed by atoms with Crippen molar-refractivity contribution in [2.24, 2.45) is 5.73 Å². The molecule has 1 unspecified atom stereocenters. The van der Waals surface area contributed by atoms with E-state index in [-0.39, 0.29) is 5.91 Å². The van der Waals surface area contributed by atoms with Gasteiger partial charge in [-0.05, 0) is 11.5 Å². The summed E-state index contributed by atoms with van der Waals surface area (Å²) in [4.78, 5) is 11.9. The van der Waals surface area contributed by atoms with Crippen LogP contribution in [0.4, 0.5) is 0 Å². The number of thioether (sulfide) groups is 1. The number of nitrogens with two attached hydrogens (primary N) is 1. The molecule has 0 fully saturated rings. The third kappa shape index (κ3) is 1.55. The molecule has 0 aliphatic carbocycles. The topological polar surface area (TPSA) is 67.2 Å². The Kier molecular flexibility index (Phi) is 2.02. The smallest absolute Gasteiger partial charge is 0.244 e. The largest absolute Gasteiger partial charge is 0.368 e. The van der Waals surface area contributed by atoms with E-state index in [1.165, 1.54) is 0 Å². The summed E-state index contributed by atoms with van der Waals surface area (Å²) in [6, 6.07) is -0.404. The van der Waals surface area contributed by atoms with Crippen molar-refractivity contribution in [2.45, 2.75) is 6.04 Å². The quantitative estimate of drug-likeness (QED) is 0.550. The molecule has 13 heavy (non-hydrogen) atoms. The monoisotopic (exact) mass is 195 g/mol. The summed E-state index contributed by atoms with van der Waals surface area (Å²) in [5.41, 5.74) is 5.16. The zero-order valence-corrected chi connectivity index (χ0v) is 7.60. The van der Waals surface area contributed by atoms with Crippen LogP contribution in [-0.4, -0.2) is 11.9 Å². The molecular formula is C8H9N3OS. The van der Waals surface area contributed by atoms with Crippen LogP contribution in [-0.2, 0) is 4.79 Å². The van der Waals surface area contributed by atoms with Gasteiger partial charge in [-0.2, -0.15) is 0 Å². The molecule has 0 aromatic carbocycles. The molecule has 1 atom stereocenters. The number of carbonyl (C=O) groups is 1. The summed E-state index contributed by atoms with van der Waals surface area (Å²) in [7, 11) is 0. The van der Waals surface area contributed by atoms with Gasteiger partial charge in [-0.3, -0.25) is 4.79 Å². The molecule has 4 N–H and O–H groups in total. The van der Waals surface area contributed by atoms with E-state index < -0.39 is 6.04 Å². The Balaban J connectivity index is 2.16. The highest BCUT2D eigenvalue weighted by Gasteiger charge is 2.19. The molecule has 0 radical (unpaired) electrons. The molecule has 2 aliphatic heterocycles. The predicted octanol–water partition coefficient (Wildman–Crippen LogP) is -0.0236. The van der Waals surface area contributed by atoms with Crippen LogP contribution in [0.2, 0.25) is 0 Å². The molecule has 0 bridgehead atoms. The van der Waals surface area contributed by atoms with Gasteiger partial charge in [0.15, 0.2) is 0 Å².